The lowest BCUT2D eigenvalue weighted by Crippen LogP contribution is -2.36. The summed E-state index contributed by atoms with van der Waals surface area (Å²) in [6, 6.07) is 6.91. The number of nitrogens with zero attached hydrogens (tertiary/aromatic N) is 4. The van der Waals surface area contributed by atoms with E-state index in [4.69, 9.17) is 5.73 Å². The van der Waals surface area contributed by atoms with E-state index >= 15 is 0 Å². The molecule has 27 heavy (non-hydrogen) atoms. The van der Waals surface area contributed by atoms with E-state index in [0.717, 1.165) is 37.0 Å². The Labute approximate surface area is 156 Å². The van der Waals surface area contributed by atoms with Crippen molar-refractivity contribution < 1.29 is 9.18 Å². The molecule has 1 aliphatic heterocycles. The fourth-order valence-corrected chi connectivity index (χ4v) is 3.75. The molecule has 2 aromatic rings. The Balaban J connectivity index is 1.44. The lowest BCUT2D eigenvalue weighted by molar-refractivity contribution is -0.111. The number of aromatic nitrogens is 3. The maximum absolute atomic E-state index is 14.2. The van der Waals surface area contributed by atoms with Crippen molar-refractivity contribution in [1.82, 2.24) is 15.2 Å². The minimum Gasteiger partial charge on any atom is -0.364 e. The van der Waals surface area contributed by atoms with Crippen molar-refractivity contribution >= 4 is 17.2 Å². The number of rotatable bonds is 6. The Morgan fingerprint density at radius 3 is 2.67 bits per heavy atom. The maximum Gasteiger partial charge on any atom is 0.266 e. The number of carbonyl (C=O) groups excluding carboxylic acids is 1. The quantitative estimate of drug-likeness (QED) is 0.850. The number of hydrogen-bond donors (Lipinski definition) is 1. The Morgan fingerprint density at radius 2 is 2.07 bits per heavy atom. The zero-order valence-electron chi connectivity index (χ0n) is 14.9. The summed E-state index contributed by atoms with van der Waals surface area (Å²) in [5, 5.41) is 8.55. The minimum atomic E-state index is -0.540. The van der Waals surface area contributed by atoms with Gasteiger partial charge in [0.15, 0.2) is 0 Å². The van der Waals surface area contributed by atoms with Gasteiger partial charge in [-0.05, 0) is 56.0 Å². The van der Waals surface area contributed by atoms with Crippen molar-refractivity contribution in [3.8, 4) is 0 Å². The molecular formula is C20H20FN5O. The van der Waals surface area contributed by atoms with Crippen LogP contribution in [0.4, 0.5) is 4.39 Å². The molecule has 4 rings (SSSR count). The summed E-state index contributed by atoms with van der Waals surface area (Å²) in [6.45, 7) is 0.383. The van der Waals surface area contributed by atoms with Gasteiger partial charge < -0.3 is 5.73 Å². The molecule has 1 aliphatic carbocycles. The fraction of sp³-hybridized carbons (Fsp3) is 0.350. The molecule has 0 bridgehead atoms. The predicted octanol–water partition coefficient (Wildman–Crippen LogP) is 2.39. The molecule has 2 aromatic heterocycles. The van der Waals surface area contributed by atoms with Gasteiger partial charge in [0, 0.05) is 17.2 Å². The van der Waals surface area contributed by atoms with E-state index in [0.29, 0.717) is 24.4 Å². The van der Waals surface area contributed by atoms with Crippen LogP contribution in [0.1, 0.15) is 42.8 Å². The summed E-state index contributed by atoms with van der Waals surface area (Å²) in [6.07, 6.45) is 7.82. The van der Waals surface area contributed by atoms with E-state index in [9.17, 15) is 9.18 Å². The van der Waals surface area contributed by atoms with Gasteiger partial charge in [-0.3, -0.25) is 14.8 Å². The molecule has 0 saturated heterocycles. The summed E-state index contributed by atoms with van der Waals surface area (Å²) < 4.78 is 14.2. The first-order chi connectivity index (χ1) is 13.1. The van der Waals surface area contributed by atoms with E-state index < -0.39 is 5.91 Å². The van der Waals surface area contributed by atoms with E-state index in [1.807, 2.05) is 12.1 Å². The smallest absolute Gasteiger partial charge is 0.266 e. The molecular weight excluding hydrogens is 345 g/mol. The van der Waals surface area contributed by atoms with E-state index in [2.05, 4.69) is 20.2 Å². The number of pyridine rings is 1. The second kappa shape index (κ2) is 6.98. The molecule has 1 amide bonds. The summed E-state index contributed by atoms with van der Waals surface area (Å²) in [5.74, 6) is -0.765. The molecule has 0 atom stereocenters. The van der Waals surface area contributed by atoms with Crippen molar-refractivity contribution in [3.05, 3.63) is 59.4 Å². The molecule has 3 heterocycles. The summed E-state index contributed by atoms with van der Waals surface area (Å²) in [5.41, 5.74) is 8.26. The monoisotopic (exact) mass is 365 g/mol. The Hall–Kier alpha value is -2.96. The SMILES string of the molecule is NC(=O)C1=NCC(c2ccc(CCC3(c4ncccc4F)CCC3)nn2)=C1. The highest BCUT2D eigenvalue weighted by Gasteiger charge is 2.41. The standard InChI is InChI=1S/C20H20FN5O/c21-15-3-1-10-23-18(15)20(7-2-8-20)9-6-14-4-5-16(26-25-14)13-11-17(19(22)27)24-12-13/h1,3-5,10-11H,2,6-9,12H2,(H2,22,27). The molecule has 1 fully saturated rings. The third-order valence-electron chi connectivity index (χ3n) is 5.46. The molecule has 0 aromatic carbocycles. The van der Waals surface area contributed by atoms with Crippen LogP contribution >= 0.6 is 0 Å². The van der Waals surface area contributed by atoms with Crippen LogP contribution in [0.5, 0.6) is 0 Å². The summed E-state index contributed by atoms with van der Waals surface area (Å²) in [4.78, 5) is 19.6. The van der Waals surface area contributed by atoms with E-state index in [-0.39, 0.29) is 16.9 Å². The number of carbonyl (C=O) groups is 1. The van der Waals surface area contributed by atoms with Gasteiger partial charge in [-0.25, -0.2) is 4.39 Å². The lowest BCUT2D eigenvalue weighted by Gasteiger charge is -2.41. The van der Waals surface area contributed by atoms with E-state index in [1.165, 1.54) is 6.07 Å². The number of halogens is 1. The Morgan fingerprint density at radius 1 is 1.22 bits per heavy atom. The molecule has 1 saturated carbocycles. The largest absolute Gasteiger partial charge is 0.364 e. The molecule has 0 spiro atoms. The number of aryl methyl sites for hydroxylation is 1. The first-order valence-electron chi connectivity index (χ1n) is 9.06. The Bertz CT molecular complexity index is 932. The van der Waals surface area contributed by atoms with Crippen LogP contribution in [-0.2, 0) is 16.6 Å². The highest BCUT2D eigenvalue weighted by molar-refractivity contribution is 6.44. The second-order valence-electron chi connectivity index (χ2n) is 7.11. The fourth-order valence-electron chi connectivity index (χ4n) is 3.75. The highest BCUT2D eigenvalue weighted by atomic mass is 19.1. The maximum atomic E-state index is 14.2. The number of amides is 1. The molecule has 0 unspecified atom stereocenters. The number of aliphatic imine (C=N–C) groups is 1. The molecule has 7 heteroatoms. The van der Waals surface area contributed by atoms with E-state index in [1.54, 1.807) is 18.3 Å². The van der Waals surface area contributed by atoms with Crippen LogP contribution in [-0.4, -0.2) is 33.3 Å². The number of hydrogen-bond acceptors (Lipinski definition) is 5. The zero-order chi connectivity index (χ0) is 18.9. The Kier molecular flexibility index (Phi) is 4.51. The average Bonchev–Trinajstić information content (AvgIpc) is 3.13. The average molecular weight is 365 g/mol. The molecule has 138 valence electrons. The molecule has 2 aliphatic rings. The first-order valence-corrected chi connectivity index (χ1v) is 9.06. The topological polar surface area (TPSA) is 94.1 Å². The molecule has 2 N–H and O–H groups in total. The zero-order valence-corrected chi connectivity index (χ0v) is 14.9. The van der Waals surface area contributed by atoms with Crippen molar-refractivity contribution in [2.45, 2.75) is 37.5 Å². The van der Waals surface area contributed by atoms with Gasteiger partial charge in [0.2, 0.25) is 0 Å². The van der Waals surface area contributed by atoms with Gasteiger partial charge in [-0.1, -0.05) is 6.42 Å². The van der Waals surface area contributed by atoms with Gasteiger partial charge in [-0.2, -0.15) is 10.2 Å². The van der Waals surface area contributed by atoms with Crippen molar-refractivity contribution in [2.24, 2.45) is 10.7 Å². The van der Waals surface area contributed by atoms with Crippen LogP contribution < -0.4 is 5.73 Å². The minimum absolute atomic E-state index is 0.191. The van der Waals surface area contributed by atoms with Crippen molar-refractivity contribution in [1.29, 1.82) is 0 Å². The van der Waals surface area contributed by atoms with Crippen molar-refractivity contribution in [3.63, 3.8) is 0 Å². The highest BCUT2D eigenvalue weighted by Crippen LogP contribution is 2.47. The van der Waals surface area contributed by atoms with Gasteiger partial charge in [0.05, 0.1) is 23.6 Å². The number of primary amides is 1. The summed E-state index contributed by atoms with van der Waals surface area (Å²) >= 11 is 0. The van der Waals surface area contributed by atoms with Crippen LogP contribution in [0.25, 0.3) is 5.57 Å². The van der Waals surface area contributed by atoms with Crippen LogP contribution in [0, 0.1) is 5.82 Å². The second-order valence-corrected chi connectivity index (χ2v) is 7.11. The normalized spacial score (nSPS) is 17.8. The van der Waals surface area contributed by atoms with Gasteiger partial charge in [0.1, 0.15) is 11.5 Å². The lowest BCUT2D eigenvalue weighted by atomic mass is 9.63. The predicted molar refractivity (Wildman–Crippen MR) is 99.6 cm³/mol. The summed E-state index contributed by atoms with van der Waals surface area (Å²) in [7, 11) is 0. The van der Waals surface area contributed by atoms with Gasteiger partial charge in [0.25, 0.3) is 5.91 Å². The van der Waals surface area contributed by atoms with Crippen molar-refractivity contribution in [2.75, 3.05) is 6.54 Å². The van der Waals surface area contributed by atoms with Gasteiger partial charge in [-0.15, -0.1) is 0 Å². The third kappa shape index (κ3) is 3.37. The van der Waals surface area contributed by atoms with Crippen LogP contribution in [0.15, 0.2) is 41.5 Å². The number of nitrogens with two attached hydrogens (primary N) is 1. The third-order valence-corrected chi connectivity index (χ3v) is 5.46. The van der Waals surface area contributed by atoms with Crippen LogP contribution in [0.2, 0.25) is 0 Å². The van der Waals surface area contributed by atoms with Gasteiger partial charge >= 0.3 is 0 Å². The molecule has 0 radical (unpaired) electrons. The van der Waals surface area contributed by atoms with Crippen LogP contribution in [0.3, 0.4) is 0 Å². The molecule has 6 nitrogen and oxygen atoms in total. The first kappa shape index (κ1) is 17.5.